The Morgan fingerprint density at radius 2 is 0.627 bits per heavy atom. The van der Waals surface area contributed by atoms with Gasteiger partial charge in [0, 0.05) is 10.8 Å². The Bertz CT molecular complexity index is 3480. The second kappa shape index (κ2) is 13.4. The summed E-state index contributed by atoms with van der Waals surface area (Å²) in [5, 5.41) is 12.1. The molecule has 0 amide bonds. The Morgan fingerprint density at radius 1 is 0.220 bits per heavy atom. The lowest BCUT2D eigenvalue weighted by atomic mass is 9.84. The first kappa shape index (κ1) is 33.4. The highest BCUT2D eigenvalue weighted by atomic mass is 16.3. The van der Waals surface area contributed by atoms with Crippen molar-refractivity contribution in [3.8, 4) is 55.6 Å². The van der Waals surface area contributed by atoms with E-state index in [0.717, 1.165) is 21.9 Å². The number of fused-ring (bicyclic) bond motifs is 7. The third-order valence-corrected chi connectivity index (χ3v) is 12.2. The lowest BCUT2D eigenvalue weighted by Gasteiger charge is -2.19. The molecular weight excluding hydrogens is 713 g/mol. The van der Waals surface area contributed by atoms with Gasteiger partial charge in [0.05, 0.1) is 0 Å². The summed E-state index contributed by atoms with van der Waals surface area (Å²) in [7, 11) is 0. The average Bonchev–Trinajstić information content (AvgIpc) is 3.69. The zero-order valence-corrected chi connectivity index (χ0v) is 32.2. The van der Waals surface area contributed by atoms with Gasteiger partial charge in [0.15, 0.2) is 0 Å². The van der Waals surface area contributed by atoms with Crippen molar-refractivity contribution in [1.29, 1.82) is 0 Å². The highest BCUT2D eigenvalue weighted by Gasteiger charge is 2.22. The Kier molecular flexibility index (Phi) is 7.61. The molecule has 1 aromatic heterocycles. The first-order valence-electron chi connectivity index (χ1n) is 20.3. The van der Waals surface area contributed by atoms with Crippen LogP contribution < -0.4 is 0 Å². The van der Waals surface area contributed by atoms with E-state index in [1.807, 2.05) is 0 Å². The van der Waals surface area contributed by atoms with Gasteiger partial charge >= 0.3 is 0 Å². The van der Waals surface area contributed by atoms with Crippen molar-refractivity contribution in [3.05, 3.63) is 218 Å². The minimum absolute atomic E-state index is 0.883. The van der Waals surface area contributed by atoms with Gasteiger partial charge in [-0.05, 0) is 123 Å². The second-order valence-electron chi connectivity index (χ2n) is 15.5. The number of hydrogen-bond donors (Lipinski definition) is 0. The van der Waals surface area contributed by atoms with E-state index in [1.54, 1.807) is 0 Å². The first-order valence-corrected chi connectivity index (χ1v) is 20.3. The topological polar surface area (TPSA) is 13.1 Å². The molecule has 1 heteroatoms. The van der Waals surface area contributed by atoms with Crippen LogP contribution in [0.3, 0.4) is 0 Å². The van der Waals surface area contributed by atoms with Gasteiger partial charge < -0.3 is 4.42 Å². The van der Waals surface area contributed by atoms with Crippen LogP contribution in [0.25, 0.3) is 121 Å². The Balaban J connectivity index is 1.13. The third kappa shape index (κ3) is 5.25. The smallest absolute Gasteiger partial charge is 0.136 e. The van der Waals surface area contributed by atoms with Crippen molar-refractivity contribution in [2.45, 2.75) is 0 Å². The van der Waals surface area contributed by atoms with Crippen LogP contribution in [0.2, 0.25) is 0 Å². The van der Waals surface area contributed by atoms with Gasteiger partial charge in [-0.2, -0.15) is 0 Å². The van der Waals surface area contributed by atoms with Crippen molar-refractivity contribution >= 4 is 65.0 Å². The molecule has 0 atom stereocenters. The zero-order chi connectivity index (χ0) is 38.9. The van der Waals surface area contributed by atoms with Crippen LogP contribution in [-0.2, 0) is 0 Å². The standard InChI is InChI=1S/C58H36O/c1-3-17-37(18-4-1)39-21-15-22-40(35-39)55-46-27-11-13-29-48(46)57(49-30-14-12-28-47(49)55)50-31-16-32-53-58(50)51-36-41(33-34-52(51)59-53)56-44-25-9-7-23-42(44)54(38-19-5-2-6-20-38)43-24-8-10-26-45(43)56/h1-36H. The number of benzene rings is 11. The summed E-state index contributed by atoms with van der Waals surface area (Å²) >= 11 is 0. The summed E-state index contributed by atoms with van der Waals surface area (Å²) in [6, 6.07) is 79.4. The molecule has 12 rings (SSSR count). The van der Waals surface area contributed by atoms with Crippen LogP contribution in [0, 0.1) is 0 Å². The fourth-order valence-corrected chi connectivity index (χ4v) is 9.76. The number of furan rings is 1. The third-order valence-electron chi connectivity index (χ3n) is 12.2. The van der Waals surface area contributed by atoms with E-state index >= 15 is 0 Å². The highest BCUT2D eigenvalue weighted by Crippen LogP contribution is 2.49. The molecule has 11 aromatic carbocycles. The van der Waals surface area contributed by atoms with Crippen LogP contribution in [0.5, 0.6) is 0 Å². The molecule has 0 fully saturated rings. The summed E-state index contributed by atoms with van der Waals surface area (Å²) in [6.07, 6.45) is 0. The molecule has 0 spiro atoms. The van der Waals surface area contributed by atoms with Crippen LogP contribution in [0.15, 0.2) is 223 Å². The number of rotatable bonds is 5. The van der Waals surface area contributed by atoms with Gasteiger partial charge in [-0.3, -0.25) is 0 Å². The number of hydrogen-bond acceptors (Lipinski definition) is 1. The predicted molar refractivity (Wildman–Crippen MR) is 251 cm³/mol. The second-order valence-corrected chi connectivity index (χ2v) is 15.5. The molecule has 274 valence electrons. The molecular formula is C58H36O. The Hall–Kier alpha value is -7.74. The van der Waals surface area contributed by atoms with Gasteiger partial charge in [0.2, 0.25) is 0 Å². The van der Waals surface area contributed by atoms with Crippen molar-refractivity contribution in [2.24, 2.45) is 0 Å². The van der Waals surface area contributed by atoms with Gasteiger partial charge in [-0.15, -0.1) is 0 Å². The maximum absolute atomic E-state index is 6.73. The maximum Gasteiger partial charge on any atom is 0.136 e. The van der Waals surface area contributed by atoms with Crippen molar-refractivity contribution in [1.82, 2.24) is 0 Å². The lowest BCUT2D eigenvalue weighted by molar-refractivity contribution is 0.669. The molecule has 59 heavy (non-hydrogen) atoms. The summed E-state index contributed by atoms with van der Waals surface area (Å²) in [5.74, 6) is 0. The van der Waals surface area contributed by atoms with E-state index in [-0.39, 0.29) is 0 Å². The van der Waals surface area contributed by atoms with Crippen molar-refractivity contribution < 1.29 is 4.42 Å². The largest absolute Gasteiger partial charge is 0.456 e. The fourth-order valence-electron chi connectivity index (χ4n) is 9.76. The molecule has 0 aliphatic heterocycles. The average molecular weight is 749 g/mol. The molecule has 0 bridgehead atoms. The summed E-state index contributed by atoms with van der Waals surface area (Å²) in [5.41, 5.74) is 13.9. The minimum Gasteiger partial charge on any atom is -0.456 e. The van der Waals surface area contributed by atoms with Crippen LogP contribution in [0.1, 0.15) is 0 Å². The molecule has 0 N–H and O–H groups in total. The monoisotopic (exact) mass is 748 g/mol. The summed E-state index contributed by atoms with van der Waals surface area (Å²) in [4.78, 5) is 0. The van der Waals surface area contributed by atoms with E-state index < -0.39 is 0 Å². The normalized spacial score (nSPS) is 11.7. The SMILES string of the molecule is c1ccc(-c2cccc(-c3c4ccccc4c(-c4cccc5oc6ccc(-c7c8ccccc8c(-c8ccccc8)c8ccccc78)cc6c45)c4ccccc34)c2)cc1. The van der Waals surface area contributed by atoms with Crippen LogP contribution in [-0.4, -0.2) is 0 Å². The first-order chi connectivity index (χ1) is 29.3. The molecule has 0 saturated carbocycles. The Morgan fingerprint density at radius 3 is 1.17 bits per heavy atom. The van der Waals surface area contributed by atoms with E-state index in [2.05, 4.69) is 218 Å². The van der Waals surface area contributed by atoms with E-state index in [4.69, 9.17) is 4.42 Å². The molecule has 0 saturated heterocycles. The minimum atomic E-state index is 0.883. The molecule has 1 heterocycles. The highest BCUT2D eigenvalue weighted by molar-refractivity contribution is 6.27. The van der Waals surface area contributed by atoms with E-state index in [9.17, 15) is 0 Å². The van der Waals surface area contributed by atoms with Gasteiger partial charge in [0.1, 0.15) is 11.2 Å². The van der Waals surface area contributed by atoms with E-state index in [0.29, 0.717) is 0 Å². The van der Waals surface area contributed by atoms with Gasteiger partial charge in [-0.1, -0.05) is 194 Å². The summed E-state index contributed by atoms with van der Waals surface area (Å²) in [6.45, 7) is 0. The quantitative estimate of drug-likeness (QED) is 0.160. The molecule has 0 aliphatic rings. The molecule has 1 nitrogen and oxygen atoms in total. The molecule has 12 aromatic rings. The maximum atomic E-state index is 6.73. The van der Waals surface area contributed by atoms with Crippen LogP contribution >= 0.6 is 0 Å². The van der Waals surface area contributed by atoms with Crippen molar-refractivity contribution in [2.75, 3.05) is 0 Å². The summed E-state index contributed by atoms with van der Waals surface area (Å²) < 4.78 is 6.73. The Labute approximate surface area is 342 Å². The molecule has 0 aliphatic carbocycles. The lowest BCUT2D eigenvalue weighted by Crippen LogP contribution is -1.92. The van der Waals surface area contributed by atoms with Gasteiger partial charge in [0.25, 0.3) is 0 Å². The van der Waals surface area contributed by atoms with Gasteiger partial charge in [-0.25, -0.2) is 0 Å². The van der Waals surface area contributed by atoms with Crippen LogP contribution in [0.4, 0.5) is 0 Å². The van der Waals surface area contributed by atoms with E-state index in [1.165, 1.54) is 98.7 Å². The fraction of sp³-hybridized carbons (Fsp3) is 0. The van der Waals surface area contributed by atoms with Crippen molar-refractivity contribution in [3.63, 3.8) is 0 Å². The molecule has 0 radical (unpaired) electrons. The molecule has 0 unspecified atom stereocenters. The zero-order valence-electron chi connectivity index (χ0n) is 32.2. The predicted octanol–water partition coefficient (Wildman–Crippen LogP) is 16.5.